The average molecular weight is 312 g/mol. The second kappa shape index (κ2) is 4.89. The van der Waals surface area contributed by atoms with Gasteiger partial charge in [-0.25, -0.2) is 4.79 Å². The highest BCUT2D eigenvalue weighted by atomic mass is 79.9. The monoisotopic (exact) mass is 311 g/mol. The van der Waals surface area contributed by atoms with Crippen molar-refractivity contribution in [3.8, 4) is 0 Å². The Morgan fingerprint density at radius 1 is 1.28 bits per heavy atom. The molecule has 0 saturated carbocycles. The highest BCUT2D eigenvalue weighted by Gasteiger charge is 2.33. The van der Waals surface area contributed by atoms with Crippen LogP contribution in [-0.2, 0) is 14.4 Å². The van der Waals surface area contributed by atoms with Crippen LogP contribution in [0.4, 0.5) is 0 Å². The molecule has 94 valence electrons. The number of amides is 2. The molecule has 1 heterocycles. The van der Waals surface area contributed by atoms with Crippen LogP contribution in [0.2, 0.25) is 0 Å². The molecule has 1 aromatic carbocycles. The van der Waals surface area contributed by atoms with E-state index in [0.717, 1.165) is 5.56 Å². The number of halogens is 1. The summed E-state index contributed by atoms with van der Waals surface area (Å²) in [5.74, 6) is -1.71. The maximum atomic E-state index is 11.9. The molecule has 2 amide bonds. The molecule has 0 spiro atoms. The lowest BCUT2D eigenvalue weighted by atomic mass is 10.1. The van der Waals surface area contributed by atoms with Crippen LogP contribution in [0.1, 0.15) is 28.8 Å². The van der Waals surface area contributed by atoms with Gasteiger partial charge in [0.15, 0.2) is 0 Å². The number of rotatable bonds is 2. The number of aryl methyl sites for hydroxylation is 1. The third-order valence-corrected chi connectivity index (χ3v) is 3.64. The average Bonchev–Trinajstić information content (AvgIpc) is 2.64. The van der Waals surface area contributed by atoms with E-state index in [1.165, 1.54) is 0 Å². The molecular formula is C12H10BrNO4. The SMILES string of the molecule is Cc1cccc(C(=O)ON2C(=O)CCC2=O)c1Br. The summed E-state index contributed by atoms with van der Waals surface area (Å²) in [6.45, 7) is 1.83. The summed E-state index contributed by atoms with van der Waals surface area (Å²) in [4.78, 5) is 39.3. The lowest BCUT2D eigenvalue weighted by Gasteiger charge is -2.13. The highest BCUT2D eigenvalue weighted by molar-refractivity contribution is 9.10. The Kier molecular flexibility index (Phi) is 3.47. The third-order valence-electron chi connectivity index (χ3n) is 2.59. The Balaban J connectivity index is 2.20. The van der Waals surface area contributed by atoms with Crippen molar-refractivity contribution in [3.63, 3.8) is 0 Å². The number of carbonyl (C=O) groups excluding carboxylic acids is 3. The van der Waals surface area contributed by atoms with Gasteiger partial charge in [0.2, 0.25) is 0 Å². The number of hydrogen-bond acceptors (Lipinski definition) is 4. The van der Waals surface area contributed by atoms with E-state index in [9.17, 15) is 14.4 Å². The molecule has 0 aliphatic carbocycles. The number of nitrogens with zero attached hydrogens (tertiary/aromatic N) is 1. The minimum atomic E-state index is -0.728. The van der Waals surface area contributed by atoms with Crippen LogP contribution < -0.4 is 0 Å². The Morgan fingerprint density at radius 2 is 1.89 bits per heavy atom. The van der Waals surface area contributed by atoms with Crippen molar-refractivity contribution in [1.82, 2.24) is 5.06 Å². The summed E-state index contributed by atoms with van der Waals surface area (Å²) in [7, 11) is 0. The van der Waals surface area contributed by atoms with Crippen LogP contribution >= 0.6 is 15.9 Å². The predicted molar refractivity (Wildman–Crippen MR) is 65.4 cm³/mol. The summed E-state index contributed by atoms with van der Waals surface area (Å²) < 4.78 is 0.592. The molecule has 0 radical (unpaired) electrons. The van der Waals surface area contributed by atoms with Gasteiger partial charge in [-0.15, -0.1) is 5.06 Å². The lowest BCUT2D eigenvalue weighted by molar-refractivity contribution is -0.172. The first-order chi connectivity index (χ1) is 8.50. The second-order valence-corrected chi connectivity index (χ2v) is 4.69. The first kappa shape index (κ1) is 12.8. The van der Waals surface area contributed by atoms with E-state index in [1.807, 2.05) is 13.0 Å². The van der Waals surface area contributed by atoms with E-state index in [2.05, 4.69) is 15.9 Å². The van der Waals surface area contributed by atoms with Gasteiger partial charge < -0.3 is 4.84 Å². The molecule has 1 aliphatic heterocycles. The Labute approximate surface area is 112 Å². The Hall–Kier alpha value is -1.69. The van der Waals surface area contributed by atoms with E-state index in [-0.39, 0.29) is 18.4 Å². The van der Waals surface area contributed by atoms with Crippen LogP contribution in [0.5, 0.6) is 0 Å². The Morgan fingerprint density at radius 3 is 2.50 bits per heavy atom. The summed E-state index contributed by atoms with van der Waals surface area (Å²) in [5.41, 5.74) is 1.14. The van der Waals surface area contributed by atoms with E-state index in [0.29, 0.717) is 9.54 Å². The van der Waals surface area contributed by atoms with Gasteiger partial charge >= 0.3 is 5.97 Å². The standard InChI is InChI=1S/C12H10BrNO4/c1-7-3-2-4-8(11(7)13)12(17)18-14-9(15)5-6-10(14)16/h2-4H,5-6H2,1H3. The lowest BCUT2D eigenvalue weighted by Crippen LogP contribution is -2.32. The first-order valence-corrected chi connectivity index (χ1v) is 6.13. The van der Waals surface area contributed by atoms with Gasteiger partial charge in [-0.3, -0.25) is 9.59 Å². The summed E-state index contributed by atoms with van der Waals surface area (Å²) >= 11 is 3.27. The largest absolute Gasteiger partial charge is 0.365 e. The maximum absolute atomic E-state index is 11.9. The van der Waals surface area contributed by atoms with Crippen LogP contribution in [0.3, 0.4) is 0 Å². The maximum Gasteiger partial charge on any atom is 0.365 e. The van der Waals surface area contributed by atoms with Crippen molar-refractivity contribution in [2.75, 3.05) is 0 Å². The molecule has 1 saturated heterocycles. The zero-order valence-corrected chi connectivity index (χ0v) is 11.2. The number of hydroxylamine groups is 2. The molecule has 0 unspecified atom stereocenters. The van der Waals surface area contributed by atoms with E-state index < -0.39 is 17.8 Å². The van der Waals surface area contributed by atoms with Gasteiger partial charge in [-0.1, -0.05) is 12.1 Å². The fourth-order valence-corrected chi connectivity index (χ4v) is 2.02. The molecule has 2 rings (SSSR count). The van der Waals surface area contributed by atoms with Crippen molar-refractivity contribution >= 4 is 33.7 Å². The molecule has 1 fully saturated rings. The van der Waals surface area contributed by atoms with Gasteiger partial charge in [-0.2, -0.15) is 0 Å². The van der Waals surface area contributed by atoms with Gasteiger partial charge in [0, 0.05) is 17.3 Å². The van der Waals surface area contributed by atoms with E-state index >= 15 is 0 Å². The van der Waals surface area contributed by atoms with E-state index in [4.69, 9.17) is 4.84 Å². The number of hydrogen-bond donors (Lipinski definition) is 0. The predicted octanol–water partition coefficient (Wildman–Crippen LogP) is 1.98. The van der Waals surface area contributed by atoms with Gasteiger partial charge in [0.1, 0.15) is 0 Å². The molecule has 18 heavy (non-hydrogen) atoms. The van der Waals surface area contributed by atoms with Crippen molar-refractivity contribution in [2.45, 2.75) is 19.8 Å². The Bertz CT molecular complexity index is 525. The van der Waals surface area contributed by atoms with Crippen molar-refractivity contribution in [2.24, 2.45) is 0 Å². The molecule has 0 aromatic heterocycles. The topological polar surface area (TPSA) is 63.7 Å². The summed E-state index contributed by atoms with van der Waals surface area (Å²) in [5, 5.41) is 0.539. The van der Waals surface area contributed by atoms with E-state index in [1.54, 1.807) is 12.1 Å². The quantitative estimate of drug-likeness (QED) is 0.783. The van der Waals surface area contributed by atoms with Gasteiger partial charge in [-0.05, 0) is 34.5 Å². The first-order valence-electron chi connectivity index (χ1n) is 5.34. The zero-order chi connectivity index (χ0) is 13.3. The third kappa shape index (κ3) is 2.28. The molecule has 0 N–H and O–H groups in total. The molecule has 1 aliphatic rings. The van der Waals surface area contributed by atoms with Gasteiger partial charge in [0.05, 0.1) is 5.56 Å². The molecule has 0 bridgehead atoms. The molecule has 5 nitrogen and oxygen atoms in total. The summed E-state index contributed by atoms with van der Waals surface area (Å²) in [6.07, 6.45) is 0.169. The second-order valence-electron chi connectivity index (χ2n) is 3.90. The number of benzene rings is 1. The van der Waals surface area contributed by atoms with Crippen molar-refractivity contribution in [3.05, 3.63) is 33.8 Å². The molecular weight excluding hydrogens is 302 g/mol. The van der Waals surface area contributed by atoms with Crippen molar-refractivity contribution < 1.29 is 19.2 Å². The fraction of sp³-hybridized carbons (Fsp3) is 0.250. The van der Waals surface area contributed by atoms with Crippen LogP contribution in [0.25, 0.3) is 0 Å². The highest BCUT2D eigenvalue weighted by Crippen LogP contribution is 2.23. The molecule has 0 atom stereocenters. The number of carbonyl (C=O) groups is 3. The van der Waals surface area contributed by atoms with Crippen LogP contribution in [0.15, 0.2) is 22.7 Å². The molecule has 1 aromatic rings. The van der Waals surface area contributed by atoms with Crippen molar-refractivity contribution in [1.29, 1.82) is 0 Å². The fourth-order valence-electron chi connectivity index (χ4n) is 1.60. The van der Waals surface area contributed by atoms with Gasteiger partial charge in [0.25, 0.3) is 11.8 Å². The smallest absolute Gasteiger partial charge is 0.325 e. The minimum absolute atomic E-state index is 0.0844. The number of imide groups is 1. The minimum Gasteiger partial charge on any atom is -0.325 e. The molecule has 6 heteroatoms. The van der Waals surface area contributed by atoms with Crippen LogP contribution in [-0.4, -0.2) is 22.8 Å². The normalized spacial score (nSPS) is 15.1. The summed E-state index contributed by atoms with van der Waals surface area (Å²) in [6, 6.07) is 5.09. The zero-order valence-electron chi connectivity index (χ0n) is 9.60. The van der Waals surface area contributed by atoms with Crippen LogP contribution in [0, 0.1) is 6.92 Å².